The first-order valence-electron chi connectivity index (χ1n) is 9.89. The van der Waals surface area contributed by atoms with Gasteiger partial charge in [0.25, 0.3) is 17.5 Å². The first kappa shape index (κ1) is 20.7. The van der Waals surface area contributed by atoms with E-state index in [2.05, 4.69) is 0 Å². The minimum absolute atomic E-state index is 0.119. The second kappa shape index (κ2) is 7.31. The van der Waals surface area contributed by atoms with E-state index in [1.807, 2.05) is 0 Å². The standard InChI is InChI=1S/C21H22N4O6/c1-21(2,3)31-20(28)22-7-9-23(10-8-22)24-18(26)15-6-4-5-13-11-14(25(29)30)12-16(17(13)15)19(24)27/h4-6,11-12H,7-10H2,1-3H3. The van der Waals surface area contributed by atoms with Gasteiger partial charge in [-0.3, -0.25) is 19.7 Å². The number of rotatable bonds is 2. The van der Waals surface area contributed by atoms with Crippen LogP contribution in [0.3, 0.4) is 0 Å². The number of hydrogen-bond donors (Lipinski definition) is 0. The lowest BCUT2D eigenvalue weighted by Gasteiger charge is -2.41. The number of nitrogens with zero attached hydrogens (tertiary/aromatic N) is 4. The Kier molecular flexibility index (Phi) is 4.89. The number of benzene rings is 2. The number of carbonyl (C=O) groups excluding carboxylic acids is 3. The van der Waals surface area contributed by atoms with Crippen LogP contribution in [0.1, 0.15) is 41.5 Å². The highest BCUT2D eigenvalue weighted by Crippen LogP contribution is 2.34. The van der Waals surface area contributed by atoms with E-state index in [0.29, 0.717) is 16.3 Å². The molecule has 2 aromatic rings. The van der Waals surface area contributed by atoms with E-state index in [9.17, 15) is 24.5 Å². The van der Waals surface area contributed by atoms with E-state index in [1.54, 1.807) is 44.0 Å². The van der Waals surface area contributed by atoms with Crippen LogP contribution >= 0.6 is 0 Å². The average molecular weight is 426 g/mol. The fourth-order valence-corrected chi connectivity index (χ4v) is 3.85. The van der Waals surface area contributed by atoms with E-state index in [-0.39, 0.29) is 37.4 Å². The minimum atomic E-state index is -0.621. The Labute approximate surface area is 178 Å². The smallest absolute Gasteiger partial charge is 0.410 e. The molecule has 0 aromatic heterocycles. The molecule has 1 fully saturated rings. The summed E-state index contributed by atoms with van der Waals surface area (Å²) in [6, 6.07) is 7.46. The lowest BCUT2D eigenvalue weighted by atomic mass is 9.94. The minimum Gasteiger partial charge on any atom is -0.444 e. The molecular formula is C21H22N4O6. The van der Waals surface area contributed by atoms with Crippen LogP contribution in [0.25, 0.3) is 10.8 Å². The van der Waals surface area contributed by atoms with E-state index < -0.39 is 28.4 Å². The Hall–Kier alpha value is -3.53. The predicted molar refractivity (Wildman–Crippen MR) is 110 cm³/mol. The Bertz CT molecular complexity index is 1110. The van der Waals surface area contributed by atoms with Gasteiger partial charge in [-0.2, -0.15) is 0 Å². The normalized spacial score (nSPS) is 17.3. The fourth-order valence-electron chi connectivity index (χ4n) is 3.85. The molecule has 2 aliphatic rings. The van der Waals surface area contributed by atoms with Crippen LogP contribution in [-0.2, 0) is 4.74 Å². The molecule has 1 saturated heterocycles. The third-order valence-electron chi connectivity index (χ3n) is 5.21. The fraction of sp³-hybridized carbons (Fsp3) is 0.381. The predicted octanol–water partition coefficient (Wildman–Crippen LogP) is 2.81. The molecule has 10 nitrogen and oxygen atoms in total. The van der Waals surface area contributed by atoms with Gasteiger partial charge in [0.1, 0.15) is 5.60 Å². The van der Waals surface area contributed by atoms with Gasteiger partial charge in [0, 0.05) is 43.7 Å². The molecule has 162 valence electrons. The molecular weight excluding hydrogens is 404 g/mol. The second-order valence-corrected chi connectivity index (χ2v) is 8.50. The Morgan fingerprint density at radius 1 is 1.03 bits per heavy atom. The van der Waals surface area contributed by atoms with Crippen LogP contribution in [-0.4, -0.2) is 69.5 Å². The molecule has 0 aliphatic carbocycles. The number of piperazine rings is 1. The first-order chi connectivity index (χ1) is 14.6. The largest absolute Gasteiger partial charge is 0.444 e. The van der Waals surface area contributed by atoms with Gasteiger partial charge >= 0.3 is 6.09 Å². The number of hydrazine groups is 1. The van der Waals surface area contributed by atoms with E-state index in [1.165, 1.54) is 17.0 Å². The zero-order chi connectivity index (χ0) is 22.5. The van der Waals surface area contributed by atoms with Crippen molar-refractivity contribution in [3.63, 3.8) is 0 Å². The molecule has 0 unspecified atom stereocenters. The van der Waals surface area contributed by atoms with Crippen LogP contribution in [0.5, 0.6) is 0 Å². The van der Waals surface area contributed by atoms with E-state index in [4.69, 9.17) is 4.74 Å². The number of amides is 3. The summed E-state index contributed by atoms with van der Waals surface area (Å²) in [7, 11) is 0. The maximum atomic E-state index is 13.2. The first-order valence-corrected chi connectivity index (χ1v) is 9.89. The molecule has 0 saturated carbocycles. The van der Waals surface area contributed by atoms with Crippen molar-refractivity contribution in [1.29, 1.82) is 0 Å². The molecule has 0 N–H and O–H groups in total. The zero-order valence-corrected chi connectivity index (χ0v) is 17.5. The van der Waals surface area contributed by atoms with Crippen molar-refractivity contribution in [2.45, 2.75) is 26.4 Å². The van der Waals surface area contributed by atoms with Gasteiger partial charge in [0.15, 0.2) is 0 Å². The van der Waals surface area contributed by atoms with Gasteiger partial charge < -0.3 is 9.64 Å². The van der Waals surface area contributed by atoms with Crippen molar-refractivity contribution in [3.8, 4) is 0 Å². The van der Waals surface area contributed by atoms with Crippen LogP contribution in [0, 0.1) is 10.1 Å². The summed E-state index contributed by atoms with van der Waals surface area (Å²) in [4.78, 5) is 51.0. The maximum absolute atomic E-state index is 13.2. The Morgan fingerprint density at radius 2 is 1.68 bits per heavy atom. The van der Waals surface area contributed by atoms with E-state index >= 15 is 0 Å². The highest BCUT2D eigenvalue weighted by atomic mass is 16.6. The second-order valence-electron chi connectivity index (χ2n) is 8.50. The van der Waals surface area contributed by atoms with Gasteiger partial charge in [-0.15, -0.1) is 0 Å². The third-order valence-corrected chi connectivity index (χ3v) is 5.21. The van der Waals surface area contributed by atoms with Crippen LogP contribution in [0.4, 0.5) is 10.5 Å². The molecule has 2 aliphatic heterocycles. The van der Waals surface area contributed by atoms with Gasteiger partial charge in [-0.1, -0.05) is 12.1 Å². The molecule has 31 heavy (non-hydrogen) atoms. The van der Waals surface area contributed by atoms with Crippen molar-refractivity contribution in [1.82, 2.24) is 14.9 Å². The Balaban J connectivity index is 1.61. The van der Waals surface area contributed by atoms with Crippen molar-refractivity contribution >= 4 is 34.4 Å². The number of nitro benzene ring substituents is 1. The molecule has 3 amide bonds. The number of nitro groups is 1. The summed E-state index contributed by atoms with van der Waals surface area (Å²) in [5.41, 5.74) is -0.396. The summed E-state index contributed by atoms with van der Waals surface area (Å²) in [5.74, 6) is -1.09. The highest BCUT2D eigenvalue weighted by Gasteiger charge is 2.39. The maximum Gasteiger partial charge on any atom is 0.410 e. The average Bonchev–Trinajstić information content (AvgIpc) is 2.70. The molecule has 0 spiro atoms. The molecule has 0 radical (unpaired) electrons. The topological polar surface area (TPSA) is 113 Å². The van der Waals surface area contributed by atoms with Gasteiger partial charge in [0.2, 0.25) is 0 Å². The van der Waals surface area contributed by atoms with Gasteiger partial charge in [-0.05, 0) is 32.2 Å². The third kappa shape index (κ3) is 3.70. The van der Waals surface area contributed by atoms with Gasteiger partial charge in [0.05, 0.1) is 16.1 Å². The van der Waals surface area contributed by atoms with Crippen molar-refractivity contribution in [2.24, 2.45) is 0 Å². The van der Waals surface area contributed by atoms with Crippen LogP contribution < -0.4 is 0 Å². The summed E-state index contributed by atoms with van der Waals surface area (Å²) in [6.07, 6.45) is -0.450. The quantitative estimate of drug-likeness (QED) is 0.412. The molecule has 4 rings (SSSR count). The van der Waals surface area contributed by atoms with E-state index in [0.717, 1.165) is 5.01 Å². The van der Waals surface area contributed by atoms with Crippen LogP contribution in [0.2, 0.25) is 0 Å². The summed E-state index contributed by atoms with van der Waals surface area (Å²) < 4.78 is 5.38. The van der Waals surface area contributed by atoms with Crippen molar-refractivity contribution < 1.29 is 24.0 Å². The van der Waals surface area contributed by atoms with Crippen molar-refractivity contribution in [2.75, 3.05) is 26.2 Å². The van der Waals surface area contributed by atoms with Crippen LogP contribution in [0.15, 0.2) is 30.3 Å². The summed E-state index contributed by atoms with van der Waals surface area (Å²) in [5, 5.41) is 14.8. The molecule has 0 bridgehead atoms. The molecule has 10 heteroatoms. The zero-order valence-electron chi connectivity index (χ0n) is 17.5. The number of carbonyl (C=O) groups is 3. The van der Waals surface area contributed by atoms with Crippen molar-refractivity contribution in [3.05, 3.63) is 51.6 Å². The lowest BCUT2D eigenvalue weighted by Crippen LogP contribution is -2.59. The SMILES string of the molecule is CC(C)(C)OC(=O)N1CCN(N2C(=O)c3cccc4cc([N+](=O)[O-])cc(c34)C2=O)CC1. The Morgan fingerprint density at radius 3 is 2.29 bits per heavy atom. The number of ether oxygens (including phenoxy) is 1. The number of hydrogen-bond acceptors (Lipinski definition) is 7. The van der Waals surface area contributed by atoms with Gasteiger partial charge in [-0.25, -0.2) is 14.8 Å². The molecule has 0 atom stereocenters. The molecule has 2 aromatic carbocycles. The lowest BCUT2D eigenvalue weighted by molar-refractivity contribution is -0.384. The number of non-ortho nitro benzene ring substituents is 1. The summed E-state index contributed by atoms with van der Waals surface area (Å²) in [6.45, 7) is 6.39. The number of imide groups is 1. The molecule has 2 heterocycles. The highest BCUT2D eigenvalue weighted by molar-refractivity contribution is 6.25. The summed E-state index contributed by atoms with van der Waals surface area (Å²) >= 11 is 0. The monoisotopic (exact) mass is 426 g/mol.